The van der Waals surface area contributed by atoms with E-state index in [0.29, 0.717) is 13.1 Å². The normalized spacial score (nSPS) is 22.8. The molecule has 0 bridgehead atoms. The zero-order valence-corrected chi connectivity index (χ0v) is 10.9. The molecular weight excluding hydrogens is 228 g/mol. The van der Waals surface area contributed by atoms with Gasteiger partial charge >= 0.3 is 0 Å². The molecule has 1 aliphatic rings. The molecule has 0 radical (unpaired) electrons. The number of sulfonamides is 1. The third kappa shape index (κ3) is 4.01. The summed E-state index contributed by atoms with van der Waals surface area (Å²) in [5.41, 5.74) is 0. The molecule has 1 rings (SSSR count). The van der Waals surface area contributed by atoms with Crippen LogP contribution in [-0.2, 0) is 14.8 Å². The third-order valence-electron chi connectivity index (χ3n) is 2.91. The average molecular weight is 250 g/mol. The van der Waals surface area contributed by atoms with Crippen LogP contribution in [-0.4, -0.2) is 58.4 Å². The minimum absolute atomic E-state index is 0.0760. The Bertz CT molecular complexity index is 292. The van der Waals surface area contributed by atoms with Gasteiger partial charge in [-0.05, 0) is 32.9 Å². The molecule has 1 atom stereocenters. The molecule has 96 valence electrons. The number of hydrogen-bond donors (Lipinski definition) is 1. The Morgan fingerprint density at radius 3 is 2.75 bits per heavy atom. The second-order valence-electron chi connectivity index (χ2n) is 4.13. The first-order valence-corrected chi connectivity index (χ1v) is 7.36. The number of ether oxygens (including phenoxy) is 1. The predicted octanol–water partition coefficient (Wildman–Crippen LogP) is 0.0365. The third-order valence-corrected chi connectivity index (χ3v) is 4.84. The van der Waals surface area contributed by atoms with Gasteiger partial charge in [0.25, 0.3) is 0 Å². The van der Waals surface area contributed by atoms with E-state index in [2.05, 4.69) is 5.32 Å². The first-order valence-electron chi connectivity index (χ1n) is 5.75. The van der Waals surface area contributed by atoms with Crippen molar-refractivity contribution in [3.05, 3.63) is 0 Å². The summed E-state index contributed by atoms with van der Waals surface area (Å²) in [4.78, 5) is 0. The summed E-state index contributed by atoms with van der Waals surface area (Å²) in [7, 11) is 0.448. The number of rotatable bonds is 7. The number of hydrogen-bond acceptors (Lipinski definition) is 4. The van der Waals surface area contributed by atoms with Crippen LogP contribution in [0.2, 0.25) is 0 Å². The van der Waals surface area contributed by atoms with Crippen LogP contribution in [0.15, 0.2) is 0 Å². The highest BCUT2D eigenvalue weighted by Gasteiger charge is 2.30. The van der Waals surface area contributed by atoms with E-state index >= 15 is 0 Å². The van der Waals surface area contributed by atoms with Gasteiger partial charge in [0.2, 0.25) is 10.0 Å². The van der Waals surface area contributed by atoms with Gasteiger partial charge < -0.3 is 10.1 Å². The maximum absolute atomic E-state index is 11.9. The number of nitrogens with one attached hydrogen (secondary N) is 1. The largest absolute Gasteiger partial charge is 0.380 e. The van der Waals surface area contributed by atoms with Crippen molar-refractivity contribution in [3.63, 3.8) is 0 Å². The summed E-state index contributed by atoms with van der Waals surface area (Å²) in [5, 5.41) is 3.01. The molecule has 0 saturated carbocycles. The van der Waals surface area contributed by atoms with Crippen molar-refractivity contribution in [1.29, 1.82) is 0 Å². The average Bonchev–Trinajstić information content (AvgIpc) is 2.73. The molecule has 0 aromatic carbocycles. The van der Waals surface area contributed by atoms with E-state index in [1.165, 1.54) is 0 Å². The molecule has 1 fully saturated rings. The fraction of sp³-hybridized carbons (Fsp3) is 1.00. The minimum Gasteiger partial charge on any atom is -0.380 e. The first-order chi connectivity index (χ1) is 7.60. The SMILES string of the molecule is CNCCCCS(=O)(=O)N1CCC(OC)C1. The molecule has 0 aliphatic carbocycles. The highest BCUT2D eigenvalue weighted by atomic mass is 32.2. The minimum atomic E-state index is -3.06. The van der Waals surface area contributed by atoms with Crippen molar-refractivity contribution in [3.8, 4) is 0 Å². The van der Waals surface area contributed by atoms with Crippen molar-refractivity contribution >= 4 is 10.0 Å². The van der Waals surface area contributed by atoms with E-state index in [-0.39, 0.29) is 11.9 Å². The molecule has 1 N–H and O–H groups in total. The smallest absolute Gasteiger partial charge is 0.214 e. The number of unbranched alkanes of at least 4 members (excludes halogenated alkanes) is 1. The Balaban J connectivity index is 2.34. The van der Waals surface area contributed by atoms with Crippen LogP contribution >= 0.6 is 0 Å². The standard InChI is InChI=1S/C10H22N2O3S/c1-11-6-3-4-8-16(13,14)12-7-5-10(9-12)15-2/h10-11H,3-9H2,1-2H3. The van der Waals surface area contributed by atoms with Crippen molar-refractivity contribution in [2.24, 2.45) is 0 Å². The molecule has 1 aliphatic heterocycles. The molecule has 0 aromatic rings. The quantitative estimate of drug-likeness (QED) is 0.648. The Morgan fingerprint density at radius 2 is 2.19 bits per heavy atom. The molecule has 1 heterocycles. The van der Waals surface area contributed by atoms with Gasteiger partial charge in [0, 0.05) is 20.2 Å². The molecule has 0 aromatic heterocycles. The topological polar surface area (TPSA) is 58.6 Å². The van der Waals surface area contributed by atoms with Crippen molar-refractivity contribution in [1.82, 2.24) is 9.62 Å². The van der Waals surface area contributed by atoms with Gasteiger partial charge in [-0.1, -0.05) is 0 Å². The molecule has 6 heteroatoms. The van der Waals surface area contributed by atoms with Gasteiger partial charge in [-0.2, -0.15) is 4.31 Å². The number of methoxy groups -OCH3 is 1. The fourth-order valence-corrected chi connectivity index (χ4v) is 3.46. The maximum Gasteiger partial charge on any atom is 0.214 e. The molecule has 16 heavy (non-hydrogen) atoms. The maximum atomic E-state index is 11.9. The summed E-state index contributed by atoms with van der Waals surface area (Å²) >= 11 is 0. The van der Waals surface area contributed by atoms with Crippen molar-refractivity contribution < 1.29 is 13.2 Å². The van der Waals surface area contributed by atoms with E-state index in [0.717, 1.165) is 25.8 Å². The van der Waals surface area contributed by atoms with Gasteiger partial charge in [0.1, 0.15) is 0 Å². The Labute approximate surface area is 98.2 Å². The Hall–Kier alpha value is -0.170. The molecule has 0 spiro atoms. The zero-order valence-electron chi connectivity index (χ0n) is 10.1. The predicted molar refractivity (Wildman–Crippen MR) is 63.9 cm³/mol. The van der Waals surface area contributed by atoms with Gasteiger partial charge in [-0.25, -0.2) is 8.42 Å². The van der Waals surface area contributed by atoms with Crippen molar-refractivity contribution in [2.75, 3.05) is 39.5 Å². The van der Waals surface area contributed by atoms with E-state index in [1.807, 2.05) is 7.05 Å². The monoisotopic (exact) mass is 250 g/mol. The molecule has 5 nitrogen and oxygen atoms in total. The lowest BCUT2D eigenvalue weighted by atomic mass is 10.3. The fourth-order valence-electron chi connectivity index (χ4n) is 1.86. The Kier molecular flexibility index (Phi) is 5.68. The zero-order chi connectivity index (χ0) is 12.0. The number of nitrogens with zero attached hydrogens (tertiary/aromatic N) is 1. The summed E-state index contributed by atoms with van der Waals surface area (Å²) in [6.07, 6.45) is 2.51. The van der Waals surface area contributed by atoms with Crippen LogP contribution in [0.4, 0.5) is 0 Å². The van der Waals surface area contributed by atoms with Crippen molar-refractivity contribution in [2.45, 2.75) is 25.4 Å². The van der Waals surface area contributed by atoms with Gasteiger partial charge in [-0.3, -0.25) is 0 Å². The summed E-state index contributed by atoms with van der Waals surface area (Å²) in [5.74, 6) is 0.255. The second-order valence-corrected chi connectivity index (χ2v) is 6.22. The summed E-state index contributed by atoms with van der Waals surface area (Å²) in [6, 6.07) is 0. The highest BCUT2D eigenvalue weighted by Crippen LogP contribution is 2.16. The van der Waals surface area contributed by atoms with Gasteiger partial charge in [-0.15, -0.1) is 0 Å². The summed E-state index contributed by atoms with van der Waals surface area (Å²) in [6.45, 7) is 1.99. The molecular formula is C10H22N2O3S. The van der Waals surface area contributed by atoms with Gasteiger partial charge in [0.15, 0.2) is 0 Å². The van der Waals surface area contributed by atoms with Crippen LogP contribution < -0.4 is 5.32 Å². The van der Waals surface area contributed by atoms with E-state index in [9.17, 15) is 8.42 Å². The Morgan fingerprint density at radius 1 is 1.44 bits per heavy atom. The van der Waals surface area contributed by atoms with Crippen LogP contribution in [0.25, 0.3) is 0 Å². The van der Waals surface area contributed by atoms with Crippen LogP contribution in [0, 0.1) is 0 Å². The van der Waals surface area contributed by atoms with Crippen LogP contribution in [0.5, 0.6) is 0 Å². The summed E-state index contributed by atoms with van der Waals surface area (Å²) < 4.78 is 30.5. The lowest BCUT2D eigenvalue weighted by Crippen LogP contribution is -2.32. The van der Waals surface area contributed by atoms with Crippen LogP contribution in [0.1, 0.15) is 19.3 Å². The van der Waals surface area contributed by atoms with Crippen LogP contribution in [0.3, 0.4) is 0 Å². The van der Waals surface area contributed by atoms with Gasteiger partial charge in [0.05, 0.1) is 11.9 Å². The molecule has 1 unspecified atom stereocenters. The molecule has 1 saturated heterocycles. The highest BCUT2D eigenvalue weighted by molar-refractivity contribution is 7.89. The lowest BCUT2D eigenvalue weighted by molar-refractivity contribution is 0.115. The van der Waals surface area contributed by atoms with E-state index in [1.54, 1.807) is 11.4 Å². The van der Waals surface area contributed by atoms with E-state index < -0.39 is 10.0 Å². The second kappa shape index (κ2) is 6.54. The molecule has 0 amide bonds. The van der Waals surface area contributed by atoms with E-state index in [4.69, 9.17) is 4.74 Å². The first kappa shape index (κ1) is 13.9. The lowest BCUT2D eigenvalue weighted by Gasteiger charge is -2.16.